The molecule has 1 saturated heterocycles. The SMILES string of the molecule is CC(O)(Cc1ccc(F)cc1Br)CC1CCCCN1. The molecular weight excluding hydrogens is 309 g/mol. The van der Waals surface area contributed by atoms with Crippen LogP contribution in [0.3, 0.4) is 0 Å². The van der Waals surface area contributed by atoms with Gasteiger partial charge >= 0.3 is 0 Å². The highest BCUT2D eigenvalue weighted by molar-refractivity contribution is 9.10. The molecule has 0 saturated carbocycles. The molecule has 2 nitrogen and oxygen atoms in total. The zero-order valence-corrected chi connectivity index (χ0v) is 12.8. The van der Waals surface area contributed by atoms with E-state index in [9.17, 15) is 9.50 Å². The molecule has 1 aromatic rings. The van der Waals surface area contributed by atoms with Gasteiger partial charge in [-0.25, -0.2) is 4.39 Å². The third-order valence-corrected chi connectivity index (χ3v) is 4.42. The van der Waals surface area contributed by atoms with E-state index >= 15 is 0 Å². The standard InChI is InChI=1S/C15H21BrFNO/c1-15(19,10-13-4-2-3-7-18-13)9-11-5-6-12(17)8-14(11)16/h5-6,8,13,18-19H,2-4,7,9-10H2,1H3. The van der Waals surface area contributed by atoms with E-state index in [-0.39, 0.29) is 5.82 Å². The molecule has 2 atom stereocenters. The van der Waals surface area contributed by atoms with Crippen LogP contribution in [0.15, 0.2) is 22.7 Å². The lowest BCUT2D eigenvalue weighted by molar-refractivity contribution is 0.0370. The summed E-state index contributed by atoms with van der Waals surface area (Å²) in [7, 11) is 0. The summed E-state index contributed by atoms with van der Waals surface area (Å²) in [5, 5.41) is 14.0. The lowest BCUT2D eigenvalue weighted by Crippen LogP contribution is -2.41. The molecule has 1 aliphatic rings. The Morgan fingerprint density at radius 3 is 2.89 bits per heavy atom. The van der Waals surface area contributed by atoms with Gasteiger partial charge < -0.3 is 10.4 Å². The fraction of sp³-hybridized carbons (Fsp3) is 0.600. The number of nitrogens with one attached hydrogen (secondary N) is 1. The number of benzene rings is 1. The largest absolute Gasteiger partial charge is 0.390 e. The second-order valence-corrected chi connectivity index (χ2v) is 6.61. The molecule has 1 fully saturated rings. The molecule has 1 heterocycles. The summed E-state index contributed by atoms with van der Waals surface area (Å²) >= 11 is 3.36. The molecule has 2 N–H and O–H groups in total. The third-order valence-electron chi connectivity index (χ3n) is 3.68. The summed E-state index contributed by atoms with van der Waals surface area (Å²) in [5.41, 5.74) is 0.178. The van der Waals surface area contributed by atoms with E-state index in [4.69, 9.17) is 0 Å². The van der Waals surface area contributed by atoms with Crippen molar-refractivity contribution >= 4 is 15.9 Å². The molecule has 2 rings (SSSR count). The summed E-state index contributed by atoms with van der Waals surface area (Å²) in [6, 6.07) is 5.02. The molecule has 0 aromatic heterocycles. The van der Waals surface area contributed by atoms with Crippen LogP contribution in [0.5, 0.6) is 0 Å². The lowest BCUT2D eigenvalue weighted by atomic mass is 9.87. The van der Waals surface area contributed by atoms with Crippen molar-refractivity contribution in [1.29, 1.82) is 0 Å². The van der Waals surface area contributed by atoms with Gasteiger partial charge in [-0.3, -0.25) is 0 Å². The zero-order chi connectivity index (χ0) is 13.9. The topological polar surface area (TPSA) is 32.3 Å². The molecule has 0 radical (unpaired) electrons. The van der Waals surface area contributed by atoms with Gasteiger partial charge in [-0.1, -0.05) is 28.4 Å². The van der Waals surface area contributed by atoms with Crippen molar-refractivity contribution in [1.82, 2.24) is 5.32 Å². The maximum Gasteiger partial charge on any atom is 0.124 e. The number of rotatable bonds is 4. The summed E-state index contributed by atoms with van der Waals surface area (Å²) in [6.45, 7) is 2.90. The molecule has 106 valence electrons. The molecule has 0 bridgehead atoms. The molecule has 0 aliphatic carbocycles. The van der Waals surface area contributed by atoms with Crippen LogP contribution in [0.2, 0.25) is 0 Å². The Morgan fingerprint density at radius 1 is 1.47 bits per heavy atom. The number of aliphatic hydroxyl groups is 1. The van der Waals surface area contributed by atoms with Gasteiger partial charge in [0.1, 0.15) is 5.82 Å². The van der Waals surface area contributed by atoms with Crippen LogP contribution in [0.1, 0.15) is 38.2 Å². The fourth-order valence-electron chi connectivity index (χ4n) is 2.78. The quantitative estimate of drug-likeness (QED) is 0.887. The summed E-state index contributed by atoms with van der Waals surface area (Å²) < 4.78 is 13.8. The number of halogens is 2. The first-order valence-electron chi connectivity index (χ1n) is 6.86. The Balaban J connectivity index is 1.99. The summed E-state index contributed by atoms with van der Waals surface area (Å²) in [6.07, 6.45) is 4.85. The Labute approximate surface area is 122 Å². The Bertz CT molecular complexity index is 430. The van der Waals surface area contributed by atoms with Gasteiger partial charge in [-0.05, 0) is 50.4 Å². The average molecular weight is 330 g/mol. The molecule has 1 aliphatic heterocycles. The fourth-order valence-corrected chi connectivity index (χ4v) is 3.27. The average Bonchev–Trinajstić information content (AvgIpc) is 2.33. The molecule has 1 aromatic carbocycles. The van der Waals surface area contributed by atoms with E-state index in [0.717, 1.165) is 29.4 Å². The molecule has 0 spiro atoms. The number of hydrogen-bond donors (Lipinski definition) is 2. The van der Waals surface area contributed by atoms with Gasteiger partial charge in [0.15, 0.2) is 0 Å². The van der Waals surface area contributed by atoms with Crippen LogP contribution in [0, 0.1) is 5.82 Å². The van der Waals surface area contributed by atoms with Crippen molar-refractivity contribution in [2.75, 3.05) is 6.54 Å². The Morgan fingerprint density at radius 2 is 2.26 bits per heavy atom. The minimum Gasteiger partial charge on any atom is -0.390 e. The minimum absolute atomic E-state index is 0.260. The second-order valence-electron chi connectivity index (χ2n) is 5.76. The van der Waals surface area contributed by atoms with E-state index in [1.807, 2.05) is 6.92 Å². The van der Waals surface area contributed by atoms with Crippen LogP contribution in [-0.4, -0.2) is 23.3 Å². The predicted octanol–water partition coefficient (Wildman–Crippen LogP) is 3.41. The molecule has 0 amide bonds. The van der Waals surface area contributed by atoms with Crippen molar-refractivity contribution in [3.63, 3.8) is 0 Å². The molecule has 4 heteroatoms. The smallest absolute Gasteiger partial charge is 0.124 e. The normalized spacial score (nSPS) is 23.1. The monoisotopic (exact) mass is 329 g/mol. The van der Waals surface area contributed by atoms with Gasteiger partial charge in [-0.2, -0.15) is 0 Å². The van der Waals surface area contributed by atoms with E-state index in [2.05, 4.69) is 21.2 Å². The van der Waals surface area contributed by atoms with E-state index in [0.29, 0.717) is 12.5 Å². The Hall–Kier alpha value is -0.450. The number of hydrogen-bond acceptors (Lipinski definition) is 2. The van der Waals surface area contributed by atoms with E-state index in [1.165, 1.54) is 25.0 Å². The van der Waals surface area contributed by atoms with Crippen LogP contribution in [0.25, 0.3) is 0 Å². The van der Waals surface area contributed by atoms with Crippen LogP contribution >= 0.6 is 15.9 Å². The van der Waals surface area contributed by atoms with Gasteiger partial charge in [0.25, 0.3) is 0 Å². The van der Waals surface area contributed by atoms with E-state index in [1.54, 1.807) is 6.07 Å². The number of piperidine rings is 1. The summed E-state index contributed by atoms with van der Waals surface area (Å²) in [4.78, 5) is 0. The van der Waals surface area contributed by atoms with Crippen molar-refractivity contribution < 1.29 is 9.50 Å². The third kappa shape index (κ3) is 4.55. The first-order valence-corrected chi connectivity index (χ1v) is 7.65. The first-order chi connectivity index (χ1) is 8.96. The highest BCUT2D eigenvalue weighted by Gasteiger charge is 2.27. The lowest BCUT2D eigenvalue weighted by Gasteiger charge is -2.32. The first kappa shape index (κ1) is 14.9. The zero-order valence-electron chi connectivity index (χ0n) is 11.3. The summed E-state index contributed by atoms with van der Waals surface area (Å²) in [5.74, 6) is -0.260. The van der Waals surface area contributed by atoms with Gasteiger partial charge in [0.05, 0.1) is 5.60 Å². The molecule has 2 unspecified atom stereocenters. The van der Waals surface area contributed by atoms with Crippen molar-refractivity contribution in [2.24, 2.45) is 0 Å². The van der Waals surface area contributed by atoms with Crippen LogP contribution in [-0.2, 0) is 6.42 Å². The van der Waals surface area contributed by atoms with E-state index < -0.39 is 5.60 Å². The highest BCUT2D eigenvalue weighted by atomic mass is 79.9. The molecule has 19 heavy (non-hydrogen) atoms. The van der Waals surface area contributed by atoms with Crippen LogP contribution < -0.4 is 5.32 Å². The van der Waals surface area contributed by atoms with Gasteiger partial charge in [0.2, 0.25) is 0 Å². The van der Waals surface area contributed by atoms with Crippen molar-refractivity contribution in [3.8, 4) is 0 Å². The maximum absolute atomic E-state index is 13.1. The Kier molecular flexibility index (Phi) is 4.98. The minimum atomic E-state index is -0.768. The highest BCUT2D eigenvalue weighted by Crippen LogP contribution is 2.26. The molecular formula is C15H21BrFNO. The van der Waals surface area contributed by atoms with Crippen molar-refractivity contribution in [3.05, 3.63) is 34.1 Å². The van der Waals surface area contributed by atoms with Gasteiger partial charge in [-0.15, -0.1) is 0 Å². The maximum atomic E-state index is 13.1. The van der Waals surface area contributed by atoms with Gasteiger partial charge in [0, 0.05) is 16.9 Å². The van der Waals surface area contributed by atoms with Crippen LogP contribution in [0.4, 0.5) is 4.39 Å². The second kappa shape index (κ2) is 6.33. The van der Waals surface area contributed by atoms with Crippen molar-refractivity contribution in [2.45, 2.75) is 50.7 Å². The predicted molar refractivity (Wildman–Crippen MR) is 78.7 cm³/mol.